The van der Waals surface area contributed by atoms with Crippen LogP contribution in [0.1, 0.15) is 112 Å². The number of nitrogens with zero attached hydrogens (tertiary/aromatic N) is 4. The number of pyridine rings is 2. The van der Waals surface area contributed by atoms with Crippen LogP contribution in [0.4, 0.5) is 0 Å². The zero-order valence-electron chi connectivity index (χ0n) is 43.2. The number of rotatable bonds is 26. The number of ether oxygens (including phenoxy) is 2. The van der Waals surface area contributed by atoms with E-state index in [1.54, 1.807) is 0 Å². The van der Waals surface area contributed by atoms with E-state index in [0.29, 0.717) is 24.6 Å². The summed E-state index contributed by atoms with van der Waals surface area (Å²) in [5.41, 5.74) is 12.4. The van der Waals surface area contributed by atoms with Crippen molar-refractivity contribution in [1.82, 2.24) is 19.1 Å². The lowest BCUT2D eigenvalue weighted by molar-refractivity contribution is 0.0489. The van der Waals surface area contributed by atoms with Gasteiger partial charge < -0.3 is 18.6 Å². The first-order valence-corrected chi connectivity index (χ1v) is 27.4. The summed E-state index contributed by atoms with van der Waals surface area (Å²) in [5.74, 6) is -0.763. The Labute approximate surface area is 441 Å². The van der Waals surface area contributed by atoms with Gasteiger partial charge in [-0.3, -0.25) is 0 Å². The fraction of sp³-hybridized carbons (Fsp3) is 0.284. The number of carbonyl (C=O) groups is 2. The average molecular weight is 993 g/mol. The molecule has 10 rings (SSSR count). The van der Waals surface area contributed by atoms with Crippen LogP contribution in [0.15, 0.2) is 182 Å². The van der Waals surface area contributed by atoms with Crippen LogP contribution in [0.5, 0.6) is 0 Å². The molecule has 0 saturated carbocycles. The highest BCUT2D eigenvalue weighted by molar-refractivity contribution is 6.11. The number of hydrogen-bond donors (Lipinski definition) is 0. The molecule has 380 valence electrons. The average Bonchev–Trinajstić information content (AvgIpc) is 3.95. The van der Waals surface area contributed by atoms with Gasteiger partial charge in [-0.1, -0.05) is 177 Å². The van der Waals surface area contributed by atoms with E-state index >= 15 is 0 Å². The largest absolute Gasteiger partial charge is 0.461 e. The molecule has 0 aliphatic heterocycles. The zero-order chi connectivity index (χ0) is 51.0. The van der Waals surface area contributed by atoms with E-state index in [2.05, 4.69) is 179 Å². The van der Waals surface area contributed by atoms with Crippen molar-refractivity contribution in [2.45, 2.75) is 109 Å². The van der Waals surface area contributed by atoms with Crippen LogP contribution in [-0.2, 0) is 61.1 Å². The third kappa shape index (κ3) is 12.7. The van der Waals surface area contributed by atoms with Crippen molar-refractivity contribution in [1.29, 1.82) is 0 Å². The Kier molecular flexibility index (Phi) is 17.2. The number of aromatic nitrogens is 4. The maximum atomic E-state index is 13.8. The van der Waals surface area contributed by atoms with Gasteiger partial charge in [-0.25, -0.2) is 19.6 Å². The van der Waals surface area contributed by atoms with Crippen LogP contribution < -0.4 is 0 Å². The van der Waals surface area contributed by atoms with Gasteiger partial charge in [-0.15, -0.1) is 0 Å². The smallest absolute Gasteiger partial charge is 0.356 e. The summed E-state index contributed by atoms with van der Waals surface area (Å²) >= 11 is 0. The molecule has 0 amide bonds. The van der Waals surface area contributed by atoms with Crippen molar-refractivity contribution < 1.29 is 19.1 Å². The van der Waals surface area contributed by atoms with Gasteiger partial charge in [0.1, 0.15) is 11.4 Å². The lowest BCUT2D eigenvalue weighted by atomic mass is 10.0. The maximum Gasteiger partial charge on any atom is 0.356 e. The standard InChI is InChI=1S/C67H68N4O4/c72-66(60-48-56-54-38-16-18-42-62(54)70(44-24-36-52-30-12-6-13-31-52)64(56)58(68-60)40-22-34-50-26-8-4-9-27-50)74-46-20-2-1-3-21-47-75-67(73)61-49-57-55-39-17-19-43-63(55)71(45-25-37-53-32-14-7-15-33-53)65(57)59(69-61)41-23-35-51-28-10-5-11-29-51/h4-19,26-33,38-39,42-43,48-49H,1-3,20-25,34-37,40-41,44-47H2. The molecule has 8 heteroatoms. The molecule has 6 aromatic carbocycles. The van der Waals surface area contributed by atoms with Gasteiger partial charge in [0.05, 0.1) is 35.6 Å². The fourth-order valence-corrected chi connectivity index (χ4v) is 10.9. The number of para-hydroxylation sites is 2. The van der Waals surface area contributed by atoms with E-state index in [1.165, 1.54) is 22.3 Å². The van der Waals surface area contributed by atoms with Crippen LogP contribution in [0, 0.1) is 0 Å². The summed E-state index contributed by atoms with van der Waals surface area (Å²) < 4.78 is 16.7. The first-order valence-electron chi connectivity index (χ1n) is 27.4. The predicted molar refractivity (Wildman–Crippen MR) is 305 cm³/mol. The monoisotopic (exact) mass is 993 g/mol. The number of fused-ring (bicyclic) bond motifs is 6. The maximum absolute atomic E-state index is 13.8. The second-order valence-electron chi connectivity index (χ2n) is 19.9. The van der Waals surface area contributed by atoms with Crippen molar-refractivity contribution in [3.8, 4) is 0 Å². The Morgan fingerprint density at radius 1 is 0.347 bits per heavy atom. The molecular weight excluding hydrogens is 925 g/mol. The zero-order valence-corrected chi connectivity index (χ0v) is 43.2. The number of carbonyl (C=O) groups excluding carboxylic acids is 2. The van der Waals surface area contributed by atoms with Crippen LogP contribution in [-0.4, -0.2) is 44.3 Å². The molecule has 0 atom stereocenters. The van der Waals surface area contributed by atoms with E-state index in [0.717, 1.165) is 164 Å². The summed E-state index contributed by atoms with van der Waals surface area (Å²) in [6.45, 7) is 2.35. The Morgan fingerprint density at radius 2 is 0.680 bits per heavy atom. The second-order valence-corrected chi connectivity index (χ2v) is 19.9. The number of unbranched alkanes of at least 4 members (excludes halogenated alkanes) is 4. The van der Waals surface area contributed by atoms with Gasteiger partial charge in [0.25, 0.3) is 0 Å². The Morgan fingerprint density at radius 3 is 1.07 bits per heavy atom. The summed E-state index contributed by atoms with van der Waals surface area (Å²) in [4.78, 5) is 37.7. The predicted octanol–water partition coefficient (Wildman–Crippen LogP) is 15.3. The first kappa shape index (κ1) is 50.7. The van der Waals surface area contributed by atoms with Crippen LogP contribution in [0.2, 0.25) is 0 Å². The number of aryl methyl sites for hydroxylation is 8. The number of esters is 2. The van der Waals surface area contributed by atoms with Gasteiger partial charge >= 0.3 is 11.9 Å². The SMILES string of the molecule is O=C(OCCCCCCCOC(=O)c1cc2c3ccccc3n(CCCc3ccccc3)c2c(CCCc2ccccc2)n1)c1cc2c3ccccc3n(CCCc3ccccc3)c2c(CCCc2ccccc2)n1. The van der Waals surface area contributed by atoms with Gasteiger partial charge in [0.2, 0.25) is 0 Å². The van der Waals surface area contributed by atoms with E-state index in [9.17, 15) is 9.59 Å². The van der Waals surface area contributed by atoms with E-state index in [4.69, 9.17) is 19.4 Å². The Bertz CT molecular complexity index is 3230. The van der Waals surface area contributed by atoms with E-state index in [1.807, 2.05) is 12.1 Å². The summed E-state index contributed by atoms with van der Waals surface area (Å²) in [6, 6.07) is 63.4. The Hall–Kier alpha value is -7.84. The highest BCUT2D eigenvalue weighted by Crippen LogP contribution is 2.35. The molecule has 0 bridgehead atoms. The molecule has 10 aromatic rings. The van der Waals surface area contributed by atoms with Gasteiger partial charge in [0.15, 0.2) is 0 Å². The lowest BCUT2D eigenvalue weighted by Gasteiger charge is -2.13. The van der Waals surface area contributed by atoms with Crippen molar-refractivity contribution in [2.24, 2.45) is 0 Å². The molecule has 8 nitrogen and oxygen atoms in total. The highest BCUT2D eigenvalue weighted by atomic mass is 16.5. The summed E-state index contributed by atoms with van der Waals surface area (Å²) in [5, 5.41) is 4.36. The molecule has 0 saturated heterocycles. The minimum absolute atomic E-state index is 0.323. The molecule has 0 unspecified atom stereocenters. The molecule has 0 spiro atoms. The van der Waals surface area contributed by atoms with Crippen LogP contribution in [0.3, 0.4) is 0 Å². The molecule has 0 aliphatic rings. The minimum Gasteiger partial charge on any atom is -0.461 e. The van der Waals surface area contributed by atoms with Crippen molar-refractivity contribution in [3.63, 3.8) is 0 Å². The lowest BCUT2D eigenvalue weighted by Crippen LogP contribution is -2.12. The van der Waals surface area contributed by atoms with E-state index in [-0.39, 0.29) is 11.9 Å². The molecule has 0 N–H and O–H groups in total. The van der Waals surface area contributed by atoms with Crippen molar-refractivity contribution in [2.75, 3.05) is 13.2 Å². The third-order valence-corrected chi connectivity index (χ3v) is 14.6. The van der Waals surface area contributed by atoms with E-state index < -0.39 is 0 Å². The molecule has 0 fully saturated rings. The summed E-state index contributed by atoms with van der Waals surface area (Å²) in [6.07, 6.45) is 13.4. The molecule has 4 aromatic heterocycles. The quantitative estimate of drug-likeness (QED) is 0.0397. The molecule has 75 heavy (non-hydrogen) atoms. The summed E-state index contributed by atoms with van der Waals surface area (Å²) in [7, 11) is 0. The van der Waals surface area contributed by atoms with Gasteiger partial charge in [-0.2, -0.15) is 0 Å². The highest BCUT2D eigenvalue weighted by Gasteiger charge is 2.22. The third-order valence-electron chi connectivity index (χ3n) is 14.6. The second kappa shape index (κ2) is 25.4. The molecule has 0 aliphatic carbocycles. The normalized spacial score (nSPS) is 11.5. The van der Waals surface area contributed by atoms with Crippen LogP contribution in [0.25, 0.3) is 43.6 Å². The molecule has 4 heterocycles. The Balaban J connectivity index is 0.747. The fourth-order valence-electron chi connectivity index (χ4n) is 10.9. The van der Waals surface area contributed by atoms with Crippen molar-refractivity contribution >= 4 is 55.6 Å². The van der Waals surface area contributed by atoms with Crippen molar-refractivity contribution in [3.05, 3.63) is 227 Å². The molecular formula is C67H68N4O4. The first-order chi connectivity index (χ1) is 37.1. The van der Waals surface area contributed by atoms with Crippen LogP contribution >= 0.6 is 0 Å². The minimum atomic E-state index is -0.382. The number of hydrogen-bond acceptors (Lipinski definition) is 6. The van der Waals surface area contributed by atoms with Gasteiger partial charge in [-0.05, 0) is 124 Å². The topological polar surface area (TPSA) is 88.2 Å². The molecule has 0 radical (unpaired) electrons. The van der Waals surface area contributed by atoms with Gasteiger partial charge in [0, 0.05) is 45.7 Å². The number of benzene rings is 6.